The molecule has 2 aromatic rings. The van der Waals surface area contributed by atoms with Gasteiger partial charge in [-0.25, -0.2) is 0 Å². The number of non-ortho nitro benzene ring substituents is 1. The molecule has 0 atom stereocenters. The van der Waals surface area contributed by atoms with Gasteiger partial charge in [-0.2, -0.15) is 0 Å². The van der Waals surface area contributed by atoms with Gasteiger partial charge in [0.25, 0.3) is 17.5 Å². The van der Waals surface area contributed by atoms with E-state index in [-0.39, 0.29) is 17.2 Å². The van der Waals surface area contributed by atoms with Gasteiger partial charge in [0.05, 0.1) is 10.5 Å². The molecule has 0 aliphatic rings. The Labute approximate surface area is 150 Å². The average Bonchev–Trinajstić information content (AvgIpc) is 2.60. The number of para-hydroxylation sites is 1. The maximum Gasteiger partial charge on any atom is 0.270 e. The highest BCUT2D eigenvalue weighted by Gasteiger charge is 2.33. The molecule has 0 spiro atoms. The lowest BCUT2D eigenvalue weighted by Crippen LogP contribution is -2.55. The number of hydrogen-bond acceptors (Lipinski definition) is 5. The molecule has 0 aliphatic carbocycles. The zero-order chi connectivity index (χ0) is 19.5. The number of aromatic hydroxyl groups is 1. The van der Waals surface area contributed by atoms with Crippen molar-refractivity contribution in [2.75, 3.05) is 11.9 Å². The third-order valence-corrected chi connectivity index (χ3v) is 3.84. The van der Waals surface area contributed by atoms with E-state index in [0.29, 0.717) is 5.69 Å². The van der Waals surface area contributed by atoms with Gasteiger partial charge in [-0.1, -0.05) is 18.2 Å². The number of nitro benzene ring substituents is 1. The molecular weight excluding hydrogens is 338 g/mol. The quantitative estimate of drug-likeness (QED) is 0.630. The second-order valence-corrected chi connectivity index (χ2v) is 6.24. The largest absolute Gasteiger partial charge is 0.507 e. The van der Waals surface area contributed by atoms with E-state index in [9.17, 15) is 24.8 Å². The van der Waals surface area contributed by atoms with E-state index < -0.39 is 22.1 Å². The Morgan fingerprint density at radius 3 is 2.35 bits per heavy atom. The number of phenolic OH excluding ortho intramolecular Hbond substituents is 1. The molecular formula is C18H19N3O5. The zero-order valence-corrected chi connectivity index (χ0v) is 14.6. The third-order valence-electron chi connectivity index (χ3n) is 3.84. The summed E-state index contributed by atoms with van der Waals surface area (Å²) in [6.07, 6.45) is 0. The minimum absolute atomic E-state index is 0.276. The summed E-state index contributed by atoms with van der Waals surface area (Å²) >= 11 is 0. The van der Waals surface area contributed by atoms with Crippen molar-refractivity contribution in [1.29, 1.82) is 0 Å². The molecule has 26 heavy (non-hydrogen) atoms. The number of carbonyl (C=O) groups is 2. The Balaban J connectivity index is 2.23. The summed E-state index contributed by atoms with van der Waals surface area (Å²) in [4.78, 5) is 36.8. The predicted molar refractivity (Wildman–Crippen MR) is 96.2 cm³/mol. The van der Waals surface area contributed by atoms with Crippen LogP contribution >= 0.6 is 0 Å². The van der Waals surface area contributed by atoms with Gasteiger partial charge in [0.2, 0.25) is 0 Å². The summed E-state index contributed by atoms with van der Waals surface area (Å²) in [6.45, 7) is 3.03. The Morgan fingerprint density at radius 2 is 1.77 bits per heavy atom. The molecule has 2 amide bonds. The number of anilines is 1. The zero-order valence-electron chi connectivity index (χ0n) is 14.6. The third kappa shape index (κ3) is 3.97. The van der Waals surface area contributed by atoms with Crippen LogP contribution in [0.4, 0.5) is 11.4 Å². The lowest BCUT2D eigenvalue weighted by Gasteiger charge is -2.30. The number of likely N-dealkylation sites (N-methyl/N-ethyl adjacent to an activating group) is 1. The smallest absolute Gasteiger partial charge is 0.270 e. The van der Waals surface area contributed by atoms with Gasteiger partial charge in [0.1, 0.15) is 11.3 Å². The molecule has 0 unspecified atom stereocenters. The summed E-state index contributed by atoms with van der Waals surface area (Å²) in [5.74, 6) is -1.58. The highest BCUT2D eigenvalue weighted by atomic mass is 16.6. The van der Waals surface area contributed by atoms with Gasteiger partial charge >= 0.3 is 0 Å². The summed E-state index contributed by atoms with van der Waals surface area (Å²) < 4.78 is 0. The van der Waals surface area contributed by atoms with Crippen LogP contribution in [-0.4, -0.2) is 34.4 Å². The molecule has 0 heterocycles. The van der Waals surface area contributed by atoms with Crippen molar-refractivity contribution in [3.63, 3.8) is 0 Å². The SMILES string of the molecule is CN(C(=O)C(C)(C)NC(=O)c1cc([N+](=O)[O-])ccc1O)c1ccccc1. The van der Waals surface area contributed by atoms with Crippen LogP contribution in [0.25, 0.3) is 0 Å². The van der Waals surface area contributed by atoms with Crippen molar-refractivity contribution in [2.45, 2.75) is 19.4 Å². The molecule has 0 saturated heterocycles. The summed E-state index contributed by atoms with van der Waals surface area (Å²) in [5, 5.41) is 23.2. The number of nitro groups is 1. The van der Waals surface area contributed by atoms with Crippen molar-refractivity contribution in [2.24, 2.45) is 0 Å². The molecule has 136 valence electrons. The second-order valence-electron chi connectivity index (χ2n) is 6.24. The molecule has 8 heteroatoms. The highest BCUT2D eigenvalue weighted by molar-refractivity contribution is 6.05. The van der Waals surface area contributed by atoms with Gasteiger partial charge < -0.3 is 15.3 Å². The van der Waals surface area contributed by atoms with Gasteiger partial charge in [-0.3, -0.25) is 19.7 Å². The van der Waals surface area contributed by atoms with Gasteiger partial charge in [0.15, 0.2) is 0 Å². The maximum absolute atomic E-state index is 12.7. The molecule has 8 nitrogen and oxygen atoms in total. The van der Waals surface area contributed by atoms with Crippen LogP contribution in [0.15, 0.2) is 48.5 Å². The van der Waals surface area contributed by atoms with Crippen molar-refractivity contribution in [1.82, 2.24) is 5.32 Å². The lowest BCUT2D eigenvalue weighted by molar-refractivity contribution is -0.384. The first-order chi connectivity index (χ1) is 12.1. The molecule has 0 fully saturated rings. The number of carbonyl (C=O) groups excluding carboxylic acids is 2. The Hall–Kier alpha value is -3.42. The van der Waals surface area contributed by atoms with E-state index in [0.717, 1.165) is 18.2 Å². The topological polar surface area (TPSA) is 113 Å². The lowest BCUT2D eigenvalue weighted by atomic mass is 10.0. The number of nitrogens with one attached hydrogen (secondary N) is 1. The molecule has 0 bridgehead atoms. The van der Waals surface area contributed by atoms with Crippen LogP contribution in [0.5, 0.6) is 5.75 Å². The summed E-state index contributed by atoms with van der Waals surface area (Å²) in [5.41, 5.74) is -1.27. The number of benzene rings is 2. The first-order valence-electron chi connectivity index (χ1n) is 7.76. The van der Waals surface area contributed by atoms with E-state index in [1.807, 2.05) is 6.07 Å². The highest BCUT2D eigenvalue weighted by Crippen LogP contribution is 2.24. The van der Waals surface area contributed by atoms with Crippen molar-refractivity contribution in [3.8, 4) is 5.75 Å². The Kier molecular flexibility index (Phi) is 5.25. The minimum atomic E-state index is -1.31. The van der Waals surface area contributed by atoms with Crippen LogP contribution in [0.2, 0.25) is 0 Å². The first kappa shape index (κ1) is 18.9. The van der Waals surface area contributed by atoms with Crippen molar-refractivity contribution >= 4 is 23.2 Å². The molecule has 0 aliphatic heterocycles. The predicted octanol–water partition coefficient (Wildman–Crippen LogP) is 2.47. The van der Waals surface area contributed by atoms with Crippen LogP contribution in [0, 0.1) is 10.1 Å². The molecule has 2 N–H and O–H groups in total. The maximum atomic E-state index is 12.7. The number of nitrogens with zero attached hydrogens (tertiary/aromatic N) is 2. The fraction of sp³-hybridized carbons (Fsp3) is 0.222. The number of hydrogen-bond donors (Lipinski definition) is 2. The van der Waals surface area contributed by atoms with E-state index >= 15 is 0 Å². The Morgan fingerprint density at radius 1 is 1.15 bits per heavy atom. The number of rotatable bonds is 5. The molecule has 2 rings (SSSR count). The molecule has 0 aromatic heterocycles. The normalized spacial score (nSPS) is 10.9. The van der Waals surface area contributed by atoms with Gasteiger partial charge in [-0.05, 0) is 32.0 Å². The fourth-order valence-corrected chi connectivity index (χ4v) is 2.41. The van der Waals surface area contributed by atoms with E-state index in [1.165, 1.54) is 18.7 Å². The van der Waals surface area contributed by atoms with E-state index in [1.54, 1.807) is 31.3 Å². The molecule has 0 saturated carbocycles. The van der Waals surface area contributed by atoms with Gasteiger partial charge in [-0.15, -0.1) is 0 Å². The van der Waals surface area contributed by atoms with Crippen LogP contribution in [0.3, 0.4) is 0 Å². The molecule has 2 aromatic carbocycles. The van der Waals surface area contributed by atoms with Crippen LogP contribution in [-0.2, 0) is 4.79 Å². The summed E-state index contributed by atoms with van der Waals surface area (Å²) in [7, 11) is 1.58. The van der Waals surface area contributed by atoms with Crippen molar-refractivity contribution in [3.05, 3.63) is 64.2 Å². The monoisotopic (exact) mass is 357 g/mol. The van der Waals surface area contributed by atoms with Crippen LogP contribution in [0.1, 0.15) is 24.2 Å². The number of amides is 2. The van der Waals surface area contributed by atoms with Crippen LogP contribution < -0.4 is 10.2 Å². The Bertz CT molecular complexity index is 849. The average molecular weight is 357 g/mol. The van der Waals surface area contributed by atoms with Crippen molar-refractivity contribution < 1.29 is 19.6 Å². The van der Waals surface area contributed by atoms with Gasteiger partial charge in [0, 0.05) is 24.9 Å². The summed E-state index contributed by atoms with van der Waals surface area (Å²) in [6, 6.07) is 12.0. The van der Waals surface area contributed by atoms with E-state index in [4.69, 9.17) is 0 Å². The molecule has 0 radical (unpaired) electrons. The van der Waals surface area contributed by atoms with E-state index in [2.05, 4.69) is 5.32 Å². The number of phenols is 1. The second kappa shape index (κ2) is 7.22. The fourth-order valence-electron chi connectivity index (χ4n) is 2.41. The first-order valence-corrected chi connectivity index (χ1v) is 7.76. The minimum Gasteiger partial charge on any atom is -0.507 e. The standard InChI is InChI=1S/C18H19N3O5/c1-18(2,17(24)20(3)12-7-5-4-6-8-12)19-16(23)14-11-13(21(25)26)9-10-15(14)22/h4-11,22H,1-3H3,(H,19,23).